The number of hydrogen-bond acceptors (Lipinski definition) is 6. The van der Waals surface area contributed by atoms with Gasteiger partial charge in [0.2, 0.25) is 5.91 Å². The maximum Gasteiger partial charge on any atom is 0.266 e. The highest BCUT2D eigenvalue weighted by Gasteiger charge is 2.13. The molecule has 0 radical (unpaired) electrons. The Hall–Kier alpha value is -3.04. The van der Waals surface area contributed by atoms with Crippen LogP contribution in [0.2, 0.25) is 0 Å². The van der Waals surface area contributed by atoms with Gasteiger partial charge in [-0.15, -0.1) is 11.8 Å². The third-order valence-corrected chi connectivity index (χ3v) is 5.71. The van der Waals surface area contributed by atoms with Gasteiger partial charge in [-0.2, -0.15) is 0 Å². The summed E-state index contributed by atoms with van der Waals surface area (Å²) >= 11 is 2.85. The van der Waals surface area contributed by atoms with Crippen LogP contribution >= 0.6 is 23.5 Å². The molecule has 0 spiro atoms. The highest BCUT2D eigenvalue weighted by molar-refractivity contribution is 7.99. The van der Waals surface area contributed by atoms with Crippen molar-refractivity contribution in [3.8, 4) is 11.4 Å². The van der Waals surface area contributed by atoms with Crippen LogP contribution in [-0.2, 0) is 4.79 Å². The standard InChI is InChI=1S/C20H17N5O2S2/c1-28-15-9-5-8-14(10-15)21-18(27)12-29-20-23-19(13-6-3-2-4-7-13)22-16-11-17(26)24-25(16)20/h2-11H,12H2,1H3,(H,21,27)(H,24,26). The first-order valence-electron chi connectivity index (χ1n) is 8.74. The van der Waals surface area contributed by atoms with Gasteiger partial charge in [-0.1, -0.05) is 48.2 Å². The number of nitrogens with zero attached hydrogens (tertiary/aromatic N) is 3. The molecule has 146 valence electrons. The van der Waals surface area contributed by atoms with E-state index in [4.69, 9.17) is 0 Å². The van der Waals surface area contributed by atoms with Crippen LogP contribution in [0.15, 0.2) is 75.5 Å². The summed E-state index contributed by atoms with van der Waals surface area (Å²) in [6.07, 6.45) is 1.99. The van der Waals surface area contributed by atoms with Gasteiger partial charge < -0.3 is 5.32 Å². The number of nitrogens with one attached hydrogen (secondary N) is 2. The lowest BCUT2D eigenvalue weighted by atomic mass is 10.2. The molecule has 9 heteroatoms. The van der Waals surface area contributed by atoms with Crippen LogP contribution in [0.1, 0.15) is 0 Å². The van der Waals surface area contributed by atoms with Crippen molar-refractivity contribution in [2.24, 2.45) is 0 Å². The molecule has 0 atom stereocenters. The number of thioether (sulfide) groups is 2. The number of amides is 1. The average molecular weight is 424 g/mol. The molecule has 0 aliphatic carbocycles. The summed E-state index contributed by atoms with van der Waals surface area (Å²) in [7, 11) is 0. The van der Waals surface area contributed by atoms with E-state index in [0.29, 0.717) is 16.6 Å². The fourth-order valence-corrected chi connectivity index (χ4v) is 3.94. The van der Waals surface area contributed by atoms with E-state index in [1.54, 1.807) is 11.8 Å². The second kappa shape index (κ2) is 8.54. The maximum absolute atomic E-state index is 12.4. The van der Waals surface area contributed by atoms with Gasteiger partial charge in [-0.3, -0.25) is 14.7 Å². The predicted molar refractivity (Wildman–Crippen MR) is 117 cm³/mol. The minimum atomic E-state index is -0.273. The molecule has 2 heterocycles. The molecule has 4 aromatic rings. The summed E-state index contributed by atoms with van der Waals surface area (Å²) in [5, 5.41) is 6.05. The van der Waals surface area contributed by atoms with Crippen molar-refractivity contribution in [2.75, 3.05) is 17.3 Å². The number of fused-ring (bicyclic) bond motifs is 1. The van der Waals surface area contributed by atoms with E-state index in [1.165, 1.54) is 22.3 Å². The first-order valence-corrected chi connectivity index (χ1v) is 11.0. The van der Waals surface area contributed by atoms with Crippen LogP contribution in [0.25, 0.3) is 17.0 Å². The number of aromatic amines is 1. The van der Waals surface area contributed by atoms with E-state index >= 15 is 0 Å². The molecule has 2 N–H and O–H groups in total. The molecule has 29 heavy (non-hydrogen) atoms. The summed E-state index contributed by atoms with van der Waals surface area (Å²) in [6.45, 7) is 0. The SMILES string of the molecule is CSc1cccc(NC(=O)CSc2nc(-c3ccccc3)nc3cc(=O)[nH]n23)c1. The smallest absolute Gasteiger partial charge is 0.266 e. The van der Waals surface area contributed by atoms with Gasteiger partial charge in [0.1, 0.15) is 0 Å². The van der Waals surface area contributed by atoms with E-state index in [1.807, 2.05) is 60.9 Å². The van der Waals surface area contributed by atoms with E-state index in [2.05, 4.69) is 20.4 Å². The van der Waals surface area contributed by atoms with Gasteiger partial charge in [-0.25, -0.2) is 14.5 Å². The molecule has 2 aromatic carbocycles. The minimum absolute atomic E-state index is 0.143. The van der Waals surface area contributed by atoms with Gasteiger partial charge in [-0.05, 0) is 24.5 Å². The highest BCUT2D eigenvalue weighted by Crippen LogP contribution is 2.22. The minimum Gasteiger partial charge on any atom is -0.325 e. The van der Waals surface area contributed by atoms with Crippen molar-refractivity contribution in [2.45, 2.75) is 10.1 Å². The summed E-state index contributed by atoms with van der Waals surface area (Å²) < 4.78 is 1.50. The molecule has 0 unspecified atom stereocenters. The molecule has 0 saturated heterocycles. The maximum atomic E-state index is 12.4. The predicted octanol–water partition coefficient (Wildman–Crippen LogP) is 3.54. The molecular formula is C20H17N5O2S2. The molecule has 0 aliphatic heterocycles. The zero-order chi connectivity index (χ0) is 20.2. The molecule has 0 aliphatic rings. The largest absolute Gasteiger partial charge is 0.325 e. The second-order valence-electron chi connectivity index (χ2n) is 6.08. The molecular weight excluding hydrogens is 406 g/mol. The van der Waals surface area contributed by atoms with Crippen LogP contribution in [0.3, 0.4) is 0 Å². The number of H-pyrrole nitrogens is 1. The van der Waals surface area contributed by atoms with Gasteiger partial charge >= 0.3 is 0 Å². The second-order valence-corrected chi connectivity index (χ2v) is 7.90. The Morgan fingerprint density at radius 1 is 1.10 bits per heavy atom. The molecule has 0 saturated carbocycles. The van der Waals surface area contributed by atoms with Crippen LogP contribution in [0.4, 0.5) is 5.69 Å². The van der Waals surface area contributed by atoms with Crippen LogP contribution in [-0.4, -0.2) is 37.5 Å². The Morgan fingerprint density at radius 2 is 1.93 bits per heavy atom. The molecule has 7 nitrogen and oxygen atoms in total. The number of hydrogen-bond donors (Lipinski definition) is 2. The number of anilines is 1. The van der Waals surface area contributed by atoms with E-state index in [9.17, 15) is 9.59 Å². The quantitative estimate of drug-likeness (QED) is 0.461. The topological polar surface area (TPSA) is 92.2 Å². The lowest BCUT2D eigenvalue weighted by Gasteiger charge is -2.08. The highest BCUT2D eigenvalue weighted by atomic mass is 32.2. The number of rotatable bonds is 6. The van der Waals surface area contributed by atoms with Gasteiger partial charge in [0.25, 0.3) is 5.56 Å². The fraction of sp³-hybridized carbons (Fsp3) is 0.100. The normalized spacial score (nSPS) is 10.9. The third-order valence-electron chi connectivity index (χ3n) is 4.04. The Morgan fingerprint density at radius 3 is 2.72 bits per heavy atom. The fourth-order valence-electron chi connectivity index (χ4n) is 2.72. The summed E-state index contributed by atoms with van der Waals surface area (Å²) in [5.41, 5.74) is 1.77. The monoisotopic (exact) mass is 423 g/mol. The Labute approximate surface area is 175 Å². The Balaban J connectivity index is 1.56. The average Bonchev–Trinajstić information content (AvgIpc) is 3.13. The Kier molecular flexibility index (Phi) is 5.68. The van der Waals surface area contributed by atoms with E-state index in [-0.39, 0.29) is 17.2 Å². The van der Waals surface area contributed by atoms with Gasteiger partial charge in [0, 0.05) is 22.2 Å². The summed E-state index contributed by atoms with van der Waals surface area (Å²) in [4.78, 5) is 34.3. The lowest BCUT2D eigenvalue weighted by molar-refractivity contribution is -0.113. The number of aromatic nitrogens is 4. The molecule has 0 bridgehead atoms. The van der Waals surface area contributed by atoms with Crippen LogP contribution < -0.4 is 10.9 Å². The molecule has 0 fully saturated rings. The van der Waals surface area contributed by atoms with Crippen molar-refractivity contribution in [3.63, 3.8) is 0 Å². The number of benzene rings is 2. The van der Waals surface area contributed by atoms with E-state index < -0.39 is 0 Å². The summed E-state index contributed by atoms with van der Waals surface area (Å²) in [6, 6.07) is 18.6. The zero-order valence-electron chi connectivity index (χ0n) is 15.5. The van der Waals surface area contributed by atoms with Crippen molar-refractivity contribution < 1.29 is 4.79 Å². The van der Waals surface area contributed by atoms with Crippen molar-refractivity contribution in [3.05, 3.63) is 71.0 Å². The molecule has 2 aromatic heterocycles. The summed E-state index contributed by atoms with van der Waals surface area (Å²) in [5.74, 6) is 0.486. The molecule has 1 amide bonds. The Bertz CT molecular complexity index is 1220. The molecule has 4 rings (SSSR count). The first-order chi connectivity index (χ1) is 14.1. The number of carbonyl (C=O) groups excluding carboxylic acids is 1. The first kappa shape index (κ1) is 19.3. The van der Waals surface area contributed by atoms with Crippen molar-refractivity contribution in [1.29, 1.82) is 0 Å². The number of carbonyl (C=O) groups is 1. The van der Waals surface area contributed by atoms with E-state index in [0.717, 1.165) is 16.1 Å². The van der Waals surface area contributed by atoms with Gasteiger partial charge in [0.05, 0.1) is 5.75 Å². The van der Waals surface area contributed by atoms with Crippen LogP contribution in [0.5, 0.6) is 0 Å². The lowest BCUT2D eigenvalue weighted by Crippen LogP contribution is -2.15. The van der Waals surface area contributed by atoms with Gasteiger partial charge in [0.15, 0.2) is 16.6 Å². The van der Waals surface area contributed by atoms with Crippen LogP contribution in [0, 0.1) is 0 Å². The van der Waals surface area contributed by atoms with Crippen molar-refractivity contribution in [1.82, 2.24) is 19.6 Å². The van der Waals surface area contributed by atoms with Crippen molar-refractivity contribution >= 4 is 40.8 Å². The third kappa shape index (κ3) is 4.52. The zero-order valence-corrected chi connectivity index (χ0v) is 17.1.